The van der Waals surface area contributed by atoms with E-state index in [0.29, 0.717) is 17.4 Å². The van der Waals surface area contributed by atoms with Crippen LogP contribution in [0.5, 0.6) is 0 Å². The molecule has 1 N–H and O–H groups in total. The van der Waals surface area contributed by atoms with Crippen molar-refractivity contribution in [1.82, 2.24) is 0 Å². The number of aliphatic hydroxyl groups is 1. The summed E-state index contributed by atoms with van der Waals surface area (Å²) in [5.41, 5.74) is 0.423. The molecule has 1 aromatic rings. The quantitative estimate of drug-likeness (QED) is 0.852. The van der Waals surface area contributed by atoms with Gasteiger partial charge in [0.1, 0.15) is 0 Å². The standard InChI is InChI=1S/C17H22F2O/c18-14-4-3-13(11-15(14)19)12-17(20)9-7-16(8-10-17)5-1-2-6-16/h3-4,11,20H,1-2,5-10,12H2. The fraction of sp³-hybridized carbons (Fsp3) is 0.647. The molecular weight excluding hydrogens is 258 g/mol. The van der Waals surface area contributed by atoms with Crippen LogP contribution in [0.3, 0.4) is 0 Å². The fourth-order valence-corrected chi connectivity index (χ4v) is 4.08. The van der Waals surface area contributed by atoms with Gasteiger partial charge < -0.3 is 5.11 Å². The molecule has 0 bridgehead atoms. The van der Waals surface area contributed by atoms with Crippen molar-refractivity contribution in [3.8, 4) is 0 Å². The molecule has 0 atom stereocenters. The van der Waals surface area contributed by atoms with E-state index in [0.717, 1.165) is 31.7 Å². The summed E-state index contributed by atoms with van der Waals surface area (Å²) in [6.45, 7) is 0. The molecule has 1 spiro atoms. The van der Waals surface area contributed by atoms with Gasteiger partial charge in [-0.1, -0.05) is 18.9 Å². The van der Waals surface area contributed by atoms with E-state index < -0.39 is 17.2 Å². The summed E-state index contributed by atoms with van der Waals surface area (Å²) in [7, 11) is 0. The van der Waals surface area contributed by atoms with Crippen LogP contribution < -0.4 is 0 Å². The first-order valence-corrected chi connectivity index (χ1v) is 7.67. The van der Waals surface area contributed by atoms with E-state index in [1.165, 1.54) is 31.7 Å². The first kappa shape index (κ1) is 14.0. The second-order valence-electron chi connectivity index (χ2n) is 6.86. The Bertz CT molecular complexity index is 482. The van der Waals surface area contributed by atoms with Crippen molar-refractivity contribution in [2.75, 3.05) is 0 Å². The molecule has 1 aromatic carbocycles. The fourth-order valence-electron chi connectivity index (χ4n) is 4.08. The van der Waals surface area contributed by atoms with Crippen molar-refractivity contribution in [1.29, 1.82) is 0 Å². The van der Waals surface area contributed by atoms with Crippen LogP contribution in [0.25, 0.3) is 0 Å². The van der Waals surface area contributed by atoms with E-state index in [9.17, 15) is 13.9 Å². The largest absolute Gasteiger partial charge is 0.390 e. The maximum absolute atomic E-state index is 13.2. The van der Waals surface area contributed by atoms with Crippen molar-refractivity contribution in [3.63, 3.8) is 0 Å². The van der Waals surface area contributed by atoms with Gasteiger partial charge in [0.2, 0.25) is 0 Å². The molecule has 2 fully saturated rings. The second kappa shape index (κ2) is 5.10. The molecule has 0 heterocycles. The zero-order chi connectivity index (χ0) is 14.2. The minimum Gasteiger partial charge on any atom is -0.390 e. The number of benzene rings is 1. The number of rotatable bonds is 2. The molecule has 1 nitrogen and oxygen atoms in total. The molecule has 3 rings (SSSR count). The Balaban J connectivity index is 1.66. The first-order valence-electron chi connectivity index (χ1n) is 7.67. The molecular formula is C17H22F2O. The van der Waals surface area contributed by atoms with Gasteiger partial charge >= 0.3 is 0 Å². The summed E-state index contributed by atoms with van der Waals surface area (Å²) in [6, 6.07) is 3.94. The Labute approximate surface area is 119 Å². The van der Waals surface area contributed by atoms with Gasteiger partial charge in [-0.2, -0.15) is 0 Å². The molecule has 110 valence electrons. The summed E-state index contributed by atoms with van der Waals surface area (Å²) in [5, 5.41) is 10.7. The Morgan fingerprint density at radius 1 is 0.900 bits per heavy atom. The third kappa shape index (κ3) is 2.73. The van der Waals surface area contributed by atoms with E-state index in [-0.39, 0.29) is 0 Å². The molecule has 0 saturated heterocycles. The summed E-state index contributed by atoms with van der Waals surface area (Å²) in [6.07, 6.45) is 9.39. The lowest BCUT2D eigenvalue weighted by Gasteiger charge is -2.42. The Hall–Kier alpha value is -0.960. The molecule has 2 aliphatic rings. The maximum atomic E-state index is 13.2. The molecule has 2 aliphatic carbocycles. The van der Waals surface area contributed by atoms with Gasteiger partial charge in [-0.25, -0.2) is 8.78 Å². The zero-order valence-corrected chi connectivity index (χ0v) is 11.8. The average Bonchev–Trinajstić information content (AvgIpc) is 2.87. The van der Waals surface area contributed by atoms with E-state index >= 15 is 0 Å². The molecule has 2 saturated carbocycles. The minimum absolute atomic E-state index is 0.431. The van der Waals surface area contributed by atoms with Crippen LogP contribution in [-0.4, -0.2) is 10.7 Å². The average molecular weight is 280 g/mol. The third-order valence-corrected chi connectivity index (χ3v) is 5.42. The van der Waals surface area contributed by atoms with Crippen molar-refractivity contribution < 1.29 is 13.9 Å². The predicted molar refractivity (Wildman–Crippen MR) is 74.4 cm³/mol. The van der Waals surface area contributed by atoms with E-state index in [1.807, 2.05) is 0 Å². The summed E-state index contributed by atoms with van der Waals surface area (Å²) >= 11 is 0. The maximum Gasteiger partial charge on any atom is 0.159 e. The summed E-state index contributed by atoms with van der Waals surface area (Å²) in [4.78, 5) is 0. The first-order chi connectivity index (χ1) is 9.50. The van der Waals surface area contributed by atoms with E-state index in [4.69, 9.17) is 0 Å². The van der Waals surface area contributed by atoms with Gasteiger partial charge in [0.05, 0.1) is 5.60 Å². The van der Waals surface area contributed by atoms with E-state index in [1.54, 1.807) is 6.07 Å². The predicted octanol–water partition coefficient (Wildman–Crippen LogP) is 4.37. The van der Waals surface area contributed by atoms with Crippen LogP contribution in [0, 0.1) is 17.0 Å². The third-order valence-electron chi connectivity index (χ3n) is 5.42. The van der Waals surface area contributed by atoms with Gasteiger partial charge in [-0.3, -0.25) is 0 Å². The Morgan fingerprint density at radius 2 is 1.55 bits per heavy atom. The van der Waals surface area contributed by atoms with Gasteiger partial charge in [-0.05, 0) is 61.6 Å². The number of hydrogen-bond donors (Lipinski definition) is 1. The molecule has 0 aromatic heterocycles. The lowest BCUT2D eigenvalue weighted by Crippen LogP contribution is -2.39. The van der Waals surface area contributed by atoms with Crippen molar-refractivity contribution >= 4 is 0 Å². The highest BCUT2D eigenvalue weighted by Crippen LogP contribution is 2.51. The Morgan fingerprint density at radius 3 is 2.15 bits per heavy atom. The van der Waals surface area contributed by atoms with E-state index in [2.05, 4.69) is 0 Å². The van der Waals surface area contributed by atoms with Crippen LogP contribution in [0.2, 0.25) is 0 Å². The van der Waals surface area contributed by atoms with Crippen molar-refractivity contribution in [3.05, 3.63) is 35.4 Å². The monoisotopic (exact) mass is 280 g/mol. The highest BCUT2D eigenvalue weighted by molar-refractivity contribution is 5.20. The van der Waals surface area contributed by atoms with Crippen LogP contribution in [0.15, 0.2) is 18.2 Å². The lowest BCUT2D eigenvalue weighted by molar-refractivity contribution is -0.0322. The van der Waals surface area contributed by atoms with Gasteiger partial charge in [-0.15, -0.1) is 0 Å². The molecule has 20 heavy (non-hydrogen) atoms. The van der Waals surface area contributed by atoms with Crippen LogP contribution in [0.4, 0.5) is 8.78 Å². The van der Waals surface area contributed by atoms with Crippen LogP contribution in [0.1, 0.15) is 56.9 Å². The number of hydrogen-bond acceptors (Lipinski definition) is 1. The van der Waals surface area contributed by atoms with Crippen molar-refractivity contribution in [2.45, 2.75) is 63.4 Å². The van der Waals surface area contributed by atoms with Crippen LogP contribution in [-0.2, 0) is 6.42 Å². The van der Waals surface area contributed by atoms with Crippen molar-refractivity contribution in [2.24, 2.45) is 5.41 Å². The molecule has 3 heteroatoms. The highest BCUT2D eigenvalue weighted by atomic mass is 19.2. The smallest absolute Gasteiger partial charge is 0.159 e. The summed E-state index contributed by atoms with van der Waals surface area (Å²) < 4.78 is 26.2. The Kier molecular flexibility index (Phi) is 3.57. The van der Waals surface area contributed by atoms with Gasteiger partial charge in [0.25, 0.3) is 0 Å². The minimum atomic E-state index is -0.825. The van der Waals surface area contributed by atoms with Gasteiger partial charge in [0.15, 0.2) is 11.6 Å². The lowest BCUT2D eigenvalue weighted by atomic mass is 9.66. The normalized spacial score (nSPS) is 24.1. The number of halogens is 2. The zero-order valence-electron chi connectivity index (χ0n) is 11.8. The van der Waals surface area contributed by atoms with Gasteiger partial charge in [0, 0.05) is 6.42 Å². The topological polar surface area (TPSA) is 20.2 Å². The molecule has 0 amide bonds. The molecule has 0 unspecified atom stereocenters. The molecule has 0 aliphatic heterocycles. The molecule has 0 radical (unpaired) electrons. The second-order valence-corrected chi connectivity index (χ2v) is 6.86. The SMILES string of the molecule is OC1(Cc2ccc(F)c(F)c2)CCC2(CCCC2)CC1. The summed E-state index contributed by atoms with van der Waals surface area (Å²) in [5.74, 6) is -1.65. The highest BCUT2D eigenvalue weighted by Gasteiger charge is 2.42. The van der Waals surface area contributed by atoms with Crippen LogP contribution >= 0.6 is 0 Å².